The van der Waals surface area contributed by atoms with Crippen molar-refractivity contribution in [1.82, 2.24) is 15.3 Å². The number of rotatable bonds is 4. The van der Waals surface area contributed by atoms with Crippen LogP contribution in [0, 0.1) is 11.6 Å². The van der Waals surface area contributed by atoms with Gasteiger partial charge in [-0.3, -0.25) is 5.43 Å². The molecule has 6 heteroatoms. The minimum Gasteiger partial charge on any atom is -0.387 e. The Bertz CT molecular complexity index is 422. The molecule has 2 N–H and O–H groups in total. The molecule has 1 aliphatic rings. The largest absolute Gasteiger partial charge is 0.387 e. The monoisotopic (exact) mass is 271 g/mol. The molecular formula is C13H19F2N3O. The van der Waals surface area contributed by atoms with Crippen LogP contribution in [0.1, 0.15) is 11.7 Å². The average Bonchev–Trinajstić information content (AvgIpc) is 2.41. The Kier molecular flexibility index (Phi) is 4.81. The Morgan fingerprint density at radius 1 is 1.21 bits per heavy atom. The number of aliphatic hydroxyl groups is 1. The maximum atomic E-state index is 13.1. The number of hydrogen-bond acceptors (Lipinski definition) is 4. The fourth-order valence-electron chi connectivity index (χ4n) is 2.02. The van der Waals surface area contributed by atoms with Gasteiger partial charge in [0.25, 0.3) is 0 Å². The van der Waals surface area contributed by atoms with Gasteiger partial charge in [0.05, 0.1) is 6.10 Å². The molecular weight excluding hydrogens is 252 g/mol. The van der Waals surface area contributed by atoms with Gasteiger partial charge in [0, 0.05) is 32.7 Å². The Morgan fingerprint density at radius 2 is 1.89 bits per heavy atom. The van der Waals surface area contributed by atoms with Gasteiger partial charge >= 0.3 is 0 Å². The van der Waals surface area contributed by atoms with Crippen molar-refractivity contribution in [3.8, 4) is 0 Å². The van der Waals surface area contributed by atoms with E-state index < -0.39 is 17.7 Å². The number of halogens is 2. The molecule has 0 spiro atoms. The van der Waals surface area contributed by atoms with Gasteiger partial charge in [-0.1, -0.05) is 6.07 Å². The van der Waals surface area contributed by atoms with E-state index in [1.807, 2.05) is 5.01 Å². The minimum absolute atomic E-state index is 0.286. The maximum Gasteiger partial charge on any atom is 0.159 e. The third-order valence-electron chi connectivity index (χ3n) is 3.34. The van der Waals surface area contributed by atoms with Crippen molar-refractivity contribution >= 4 is 0 Å². The second-order valence-electron chi connectivity index (χ2n) is 4.84. The summed E-state index contributed by atoms with van der Waals surface area (Å²) in [6, 6.07) is 3.46. The van der Waals surface area contributed by atoms with Crippen molar-refractivity contribution in [1.29, 1.82) is 0 Å². The maximum absolute atomic E-state index is 13.1. The zero-order valence-corrected chi connectivity index (χ0v) is 10.9. The molecule has 1 aromatic rings. The first-order valence-electron chi connectivity index (χ1n) is 6.36. The van der Waals surface area contributed by atoms with E-state index >= 15 is 0 Å². The molecule has 1 atom stereocenters. The van der Waals surface area contributed by atoms with Gasteiger partial charge < -0.3 is 10.0 Å². The zero-order valence-electron chi connectivity index (χ0n) is 10.9. The summed E-state index contributed by atoms with van der Waals surface area (Å²) in [5, 5.41) is 12.0. The first kappa shape index (κ1) is 14.3. The number of aliphatic hydroxyl groups excluding tert-OH is 1. The molecule has 106 valence electrons. The van der Waals surface area contributed by atoms with E-state index in [-0.39, 0.29) is 6.54 Å². The van der Waals surface area contributed by atoms with Crippen molar-refractivity contribution in [2.45, 2.75) is 6.10 Å². The number of nitrogens with one attached hydrogen (secondary N) is 1. The van der Waals surface area contributed by atoms with E-state index in [2.05, 4.69) is 17.4 Å². The van der Waals surface area contributed by atoms with Crippen LogP contribution in [0.4, 0.5) is 8.78 Å². The number of nitrogens with zero attached hydrogens (tertiary/aromatic N) is 2. The lowest BCUT2D eigenvalue weighted by atomic mass is 10.1. The molecule has 1 aliphatic heterocycles. The van der Waals surface area contributed by atoms with E-state index in [0.29, 0.717) is 5.56 Å². The van der Waals surface area contributed by atoms with Crippen LogP contribution in [0.25, 0.3) is 0 Å². The number of likely N-dealkylation sites (N-methyl/N-ethyl adjacent to an activating group) is 1. The van der Waals surface area contributed by atoms with Gasteiger partial charge in [-0.2, -0.15) is 0 Å². The quantitative estimate of drug-likeness (QED) is 0.847. The van der Waals surface area contributed by atoms with Crippen molar-refractivity contribution in [2.75, 3.05) is 39.8 Å². The smallest absolute Gasteiger partial charge is 0.159 e. The molecule has 0 amide bonds. The molecule has 4 nitrogen and oxygen atoms in total. The summed E-state index contributed by atoms with van der Waals surface area (Å²) in [5.41, 5.74) is 3.49. The van der Waals surface area contributed by atoms with Gasteiger partial charge in [-0.05, 0) is 24.7 Å². The summed E-state index contributed by atoms with van der Waals surface area (Å²) in [7, 11) is 2.06. The highest BCUT2D eigenvalue weighted by Gasteiger charge is 2.16. The van der Waals surface area contributed by atoms with Crippen molar-refractivity contribution in [3.63, 3.8) is 0 Å². The molecule has 1 aromatic carbocycles. The molecule has 1 saturated heterocycles. The van der Waals surface area contributed by atoms with Gasteiger partial charge in [-0.25, -0.2) is 13.8 Å². The van der Waals surface area contributed by atoms with Gasteiger partial charge in [0.15, 0.2) is 11.6 Å². The van der Waals surface area contributed by atoms with Crippen LogP contribution >= 0.6 is 0 Å². The molecule has 2 rings (SSSR count). The highest BCUT2D eigenvalue weighted by Crippen LogP contribution is 2.15. The topological polar surface area (TPSA) is 38.7 Å². The predicted octanol–water partition coefficient (Wildman–Crippen LogP) is 0.750. The second-order valence-corrected chi connectivity index (χ2v) is 4.84. The van der Waals surface area contributed by atoms with Crippen LogP contribution < -0.4 is 5.43 Å². The summed E-state index contributed by atoms with van der Waals surface area (Å²) < 4.78 is 25.8. The summed E-state index contributed by atoms with van der Waals surface area (Å²) in [4.78, 5) is 2.23. The number of piperazine rings is 1. The van der Waals surface area contributed by atoms with Gasteiger partial charge in [0.2, 0.25) is 0 Å². The molecule has 0 radical (unpaired) electrons. The Hall–Kier alpha value is -1.08. The Balaban J connectivity index is 1.83. The zero-order chi connectivity index (χ0) is 13.8. The average molecular weight is 271 g/mol. The standard InChI is InChI=1S/C13H19F2N3O/c1-17-4-6-18(7-5-17)16-9-13(19)10-2-3-11(14)12(15)8-10/h2-3,8,13,16,19H,4-7,9H2,1H3. The number of benzene rings is 1. The lowest BCUT2D eigenvalue weighted by Gasteiger charge is -2.33. The summed E-state index contributed by atoms with van der Waals surface area (Å²) >= 11 is 0. The molecule has 0 aromatic heterocycles. The van der Waals surface area contributed by atoms with Gasteiger partial charge in [-0.15, -0.1) is 0 Å². The van der Waals surface area contributed by atoms with Crippen molar-refractivity contribution in [3.05, 3.63) is 35.4 Å². The van der Waals surface area contributed by atoms with Crippen LogP contribution in [-0.2, 0) is 0 Å². The third kappa shape index (κ3) is 3.94. The summed E-state index contributed by atoms with van der Waals surface area (Å²) in [6.45, 7) is 3.97. The normalized spacial score (nSPS) is 19.6. The fraction of sp³-hybridized carbons (Fsp3) is 0.538. The Labute approximate surface area is 111 Å². The molecule has 0 saturated carbocycles. The Morgan fingerprint density at radius 3 is 2.53 bits per heavy atom. The molecule has 1 unspecified atom stereocenters. The van der Waals surface area contributed by atoms with E-state index in [0.717, 1.165) is 38.3 Å². The van der Waals surface area contributed by atoms with Crippen molar-refractivity contribution < 1.29 is 13.9 Å². The van der Waals surface area contributed by atoms with Crippen LogP contribution in [-0.4, -0.2) is 54.8 Å². The predicted molar refractivity (Wildman–Crippen MR) is 68.4 cm³/mol. The highest BCUT2D eigenvalue weighted by molar-refractivity contribution is 5.20. The van der Waals surface area contributed by atoms with E-state index in [4.69, 9.17) is 0 Å². The lowest BCUT2D eigenvalue weighted by Crippen LogP contribution is -2.51. The van der Waals surface area contributed by atoms with Crippen molar-refractivity contribution in [2.24, 2.45) is 0 Å². The molecule has 1 fully saturated rings. The van der Waals surface area contributed by atoms with E-state index in [9.17, 15) is 13.9 Å². The van der Waals surface area contributed by atoms with E-state index in [1.165, 1.54) is 6.07 Å². The van der Waals surface area contributed by atoms with Crippen LogP contribution in [0.2, 0.25) is 0 Å². The first-order valence-corrected chi connectivity index (χ1v) is 6.36. The summed E-state index contributed by atoms with van der Waals surface area (Å²) in [6.07, 6.45) is -0.852. The van der Waals surface area contributed by atoms with Gasteiger partial charge in [0.1, 0.15) is 0 Å². The fourth-order valence-corrected chi connectivity index (χ4v) is 2.02. The molecule has 0 bridgehead atoms. The minimum atomic E-state index is -0.934. The summed E-state index contributed by atoms with van der Waals surface area (Å²) in [5.74, 6) is -1.83. The second kappa shape index (κ2) is 6.38. The first-order chi connectivity index (χ1) is 9.06. The highest BCUT2D eigenvalue weighted by atomic mass is 19.2. The molecule has 0 aliphatic carbocycles. The lowest BCUT2D eigenvalue weighted by molar-refractivity contribution is 0.0742. The van der Waals surface area contributed by atoms with Crippen LogP contribution in [0.15, 0.2) is 18.2 Å². The SMILES string of the molecule is CN1CCN(NCC(O)c2ccc(F)c(F)c2)CC1. The number of hydrazine groups is 1. The molecule has 1 heterocycles. The van der Waals surface area contributed by atoms with E-state index in [1.54, 1.807) is 0 Å². The molecule has 19 heavy (non-hydrogen) atoms. The number of hydrogen-bond donors (Lipinski definition) is 2. The van der Waals surface area contributed by atoms with Crippen LogP contribution in [0.3, 0.4) is 0 Å². The third-order valence-corrected chi connectivity index (χ3v) is 3.34. The van der Waals surface area contributed by atoms with Crippen LogP contribution in [0.5, 0.6) is 0 Å².